The fourth-order valence-electron chi connectivity index (χ4n) is 2.50. The molecule has 1 aliphatic rings. The molecule has 0 saturated heterocycles. The van der Waals surface area contributed by atoms with Gasteiger partial charge in [-0.2, -0.15) is 5.10 Å². The zero-order chi connectivity index (χ0) is 11.7. The first-order valence-corrected chi connectivity index (χ1v) is 6.11. The topological polar surface area (TPSA) is 43.0 Å². The predicted octanol–water partition coefficient (Wildman–Crippen LogP) is 2.18. The van der Waals surface area contributed by atoms with E-state index in [1.165, 1.54) is 24.1 Å². The molecule has 3 rings (SSSR count). The highest BCUT2D eigenvalue weighted by molar-refractivity contribution is 5.24. The molecule has 90 valence electrons. The maximum absolute atomic E-state index is 5.49. The number of aryl methyl sites for hydroxylation is 2. The summed E-state index contributed by atoms with van der Waals surface area (Å²) in [6.07, 6.45) is 7.09. The van der Waals surface area contributed by atoms with E-state index in [0.717, 1.165) is 18.7 Å². The van der Waals surface area contributed by atoms with Gasteiger partial charge in [-0.3, -0.25) is 4.68 Å². The third-order valence-corrected chi connectivity index (χ3v) is 3.50. The molecule has 1 N–H and O–H groups in total. The highest BCUT2D eigenvalue weighted by atomic mass is 16.3. The van der Waals surface area contributed by atoms with E-state index in [-0.39, 0.29) is 0 Å². The Balaban J connectivity index is 1.70. The Bertz CT molecular complexity index is 500. The maximum atomic E-state index is 5.49. The summed E-state index contributed by atoms with van der Waals surface area (Å²) in [5.41, 5.74) is 2.54. The molecule has 0 radical (unpaired) electrons. The summed E-state index contributed by atoms with van der Waals surface area (Å²) in [7, 11) is 1.97. The molecule has 2 heterocycles. The molecule has 4 nitrogen and oxygen atoms in total. The molecule has 0 aromatic carbocycles. The maximum Gasteiger partial charge on any atom is 0.108 e. The minimum atomic E-state index is 0.424. The van der Waals surface area contributed by atoms with E-state index >= 15 is 0 Å². The van der Waals surface area contributed by atoms with E-state index in [2.05, 4.69) is 16.5 Å². The van der Waals surface area contributed by atoms with E-state index in [9.17, 15) is 0 Å². The van der Waals surface area contributed by atoms with Gasteiger partial charge in [0.1, 0.15) is 5.76 Å². The summed E-state index contributed by atoms with van der Waals surface area (Å²) in [5.74, 6) is 1.15. The van der Waals surface area contributed by atoms with Crippen LogP contribution in [0, 0.1) is 0 Å². The van der Waals surface area contributed by atoms with Crippen LogP contribution in [-0.4, -0.2) is 9.78 Å². The highest BCUT2D eigenvalue weighted by Crippen LogP contribution is 2.30. The molecule has 0 aliphatic heterocycles. The van der Waals surface area contributed by atoms with Crippen LogP contribution in [0.2, 0.25) is 0 Å². The largest absolute Gasteiger partial charge is 0.469 e. The third-order valence-electron chi connectivity index (χ3n) is 3.50. The van der Waals surface area contributed by atoms with Gasteiger partial charge in [0.2, 0.25) is 0 Å². The molecule has 0 saturated carbocycles. The second-order valence-corrected chi connectivity index (χ2v) is 4.57. The predicted molar refractivity (Wildman–Crippen MR) is 64.4 cm³/mol. The number of nitrogens with zero attached hydrogens (tertiary/aromatic N) is 2. The van der Waals surface area contributed by atoms with E-state index in [1.54, 1.807) is 6.26 Å². The van der Waals surface area contributed by atoms with Crippen molar-refractivity contribution >= 4 is 0 Å². The van der Waals surface area contributed by atoms with Crippen molar-refractivity contribution in [2.45, 2.75) is 31.8 Å². The molecule has 0 amide bonds. The number of nitrogens with one attached hydrogen (secondary N) is 1. The summed E-state index contributed by atoms with van der Waals surface area (Å²) in [6, 6.07) is 4.56. The van der Waals surface area contributed by atoms with Crippen LogP contribution in [0.5, 0.6) is 0 Å². The summed E-state index contributed by atoms with van der Waals surface area (Å²) in [5, 5.41) is 7.76. The molecule has 0 spiro atoms. The zero-order valence-corrected chi connectivity index (χ0v) is 10.0. The Morgan fingerprint density at radius 1 is 1.53 bits per heavy atom. The average Bonchev–Trinajstić information content (AvgIpc) is 2.95. The average molecular weight is 231 g/mol. The molecular formula is C13H17N3O. The fraction of sp³-hybridized carbons (Fsp3) is 0.462. The van der Waals surface area contributed by atoms with Crippen LogP contribution in [0.3, 0.4) is 0 Å². The summed E-state index contributed by atoms with van der Waals surface area (Å²) >= 11 is 0. The van der Waals surface area contributed by atoms with E-state index in [0.29, 0.717) is 6.04 Å². The zero-order valence-electron chi connectivity index (χ0n) is 10.0. The van der Waals surface area contributed by atoms with Crippen LogP contribution < -0.4 is 5.32 Å². The molecule has 0 fully saturated rings. The van der Waals surface area contributed by atoms with Gasteiger partial charge in [0, 0.05) is 37.8 Å². The van der Waals surface area contributed by atoms with Gasteiger partial charge in [0.25, 0.3) is 0 Å². The van der Waals surface area contributed by atoms with Gasteiger partial charge in [0.15, 0.2) is 0 Å². The Kier molecular flexibility index (Phi) is 2.73. The Morgan fingerprint density at radius 3 is 3.29 bits per heavy atom. The SMILES string of the molecule is Cn1nccc1CNC1CCCc2occc21. The lowest BCUT2D eigenvalue weighted by Gasteiger charge is -2.22. The lowest BCUT2D eigenvalue weighted by Crippen LogP contribution is -2.25. The molecule has 17 heavy (non-hydrogen) atoms. The fourth-order valence-corrected chi connectivity index (χ4v) is 2.50. The van der Waals surface area contributed by atoms with E-state index in [4.69, 9.17) is 4.42 Å². The van der Waals surface area contributed by atoms with Crippen molar-refractivity contribution < 1.29 is 4.42 Å². The second-order valence-electron chi connectivity index (χ2n) is 4.57. The molecule has 2 aromatic rings. The molecule has 4 heteroatoms. The summed E-state index contributed by atoms with van der Waals surface area (Å²) in [4.78, 5) is 0. The van der Waals surface area contributed by atoms with Gasteiger partial charge >= 0.3 is 0 Å². The monoisotopic (exact) mass is 231 g/mol. The Hall–Kier alpha value is -1.55. The molecule has 1 atom stereocenters. The van der Waals surface area contributed by atoms with Crippen LogP contribution >= 0.6 is 0 Å². The van der Waals surface area contributed by atoms with Crippen LogP contribution in [0.25, 0.3) is 0 Å². The van der Waals surface area contributed by atoms with E-state index < -0.39 is 0 Å². The molecule has 2 aromatic heterocycles. The molecule has 0 bridgehead atoms. The highest BCUT2D eigenvalue weighted by Gasteiger charge is 2.22. The molecular weight excluding hydrogens is 214 g/mol. The first-order valence-electron chi connectivity index (χ1n) is 6.11. The number of hydrogen-bond acceptors (Lipinski definition) is 3. The Morgan fingerprint density at radius 2 is 2.47 bits per heavy atom. The minimum absolute atomic E-state index is 0.424. The smallest absolute Gasteiger partial charge is 0.108 e. The summed E-state index contributed by atoms with van der Waals surface area (Å²) < 4.78 is 7.40. The third kappa shape index (κ3) is 2.00. The summed E-state index contributed by atoms with van der Waals surface area (Å²) in [6.45, 7) is 0.853. The number of aromatic nitrogens is 2. The van der Waals surface area contributed by atoms with Gasteiger partial charge in [-0.05, 0) is 25.0 Å². The first kappa shape index (κ1) is 10.6. The lowest BCUT2D eigenvalue weighted by molar-refractivity contribution is 0.407. The van der Waals surface area contributed by atoms with Crippen LogP contribution in [0.1, 0.15) is 35.9 Å². The van der Waals surface area contributed by atoms with Gasteiger partial charge in [-0.25, -0.2) is 0 Å². The number of rotatable bonds is 3. The first-order chi connectivity index (χ1) is 8.34. The molecule has 1 aliphatic carbocycles. The van der Waals surface area contributed by atoms with Crippen molar-refractivity contribution in [2.24, 2.45) is 7.05 Å². The normalized spacial score (nSPS) is 19.2. The number of hydrogen-bond donors (Lipinski definition) is 1. The standard InChI is InChI=1S/C13H17N3O/c1-16-10(5-7-15-16)9-14-12-3-2-4-13-11(12)6-8-17-13/h5-8,12,14H,2-4,9H2,1H3. The number of furan rings is 1. The van der Waals surface area contributed by atoms with Crippen LogP contribution in [0.4, 0.5) is 0 Å². The van der Waals surface area contributed by atoms with Gasteiger partial charge in [-0.1, -0.05) is 0 Å². The lowest BCUT2D eigenvalue weighted by atomic mass is 9.93. The number of fused-ring (bicyclic) bond motifs is 1. The van der Waals surface area contributed by atoms with Crippen molar-refractivity contribution in [3.8, 4) is 0 Å². The second kappa shape index (κ2) is 4.37. The van der Waals surface area contributed by atoms with Gasteiger partial charge in [0.05, 0.1) is 12.0 Å². The van der Waals surface area contributed by atoms with E-state index in [1.807, 2.05) is 24.0 Å². The van der Waals surface area contributed by atoms with Crippen LogP contribution in [-0.2, 0) is 20.0 Å². The van der Waals surface area contributed by atoms with Crippen molar-refractivity contribution in [2.75, 3.05) is 0 Å². The van der Waals surface area contributed by atoms with Gasteiger partial charge < -0.3 is 9.73 Å². The molecule has 1 unspecified atom stereocenters. The van der Waals surface area contributed by atoms with Crippen molar-refractivity contribution in [3.05, 3.63) is 41.6 Å². The van der Waals surface area contributed by atoms with Crippen molar-refractivity contribution in [1.82, 2.24) is 15.1 Å². The van der Waals surface area contributed by atoms with Gasteiger partial charge in [-0.15, -0.1) is 0 Å². The van der Waals surface area contributed by atoms with Crippen molar-refractivity contribution in [3.63, 3.8) is 0 Å². The van der Waals surface area contributed by atoms with Crippen molar-refractivity contribution in [1.29, 1.82) is 0 Å². The van der Waals surface area contributed by atoms with Crippen LogP contribution in [0.15, 0.2) is 29.0 Å². The quantitative estimate of drug-likeness (QED) is 0.880. The Labute approximate surface area is 101 Å². The minimum Gasteiger partial charge on any atom is -0.469 e.